The van der Waals surface area contributed by atoms with Gasteiger partial charge in [-0.1, -0.05) is 24.3 Å². The Kier molecular flexibility index (Phi) is 7.03. The van der Waals surface area contributed by atoms with E-state index in [1.165, 1.54) is 0 Å². The summed E-state index contributed by atoms with van der Waals surface area (Å²) < 4.78 is 43.0. The van der Waals surface area contributed by atoms with Gasteiger partial charge in [0.05, 0.1) is 12.1 Å². The summed E-state index contributed by atoms with van der Waals surface area (Å²) in [4.78, 5) is 26.3. The molecule has 0 unspecified atom stereocenters. The number of para-hydroxylation sites is 1. The van der Waals surface area contributed by atoms with Gasteiger partial charge in [0.15, 0.2) is 5.82 Å². The number of fused-ring (bicyclic) bond motifs is 3. The summed E-state index contributed by atoms with van der Waals surface area (Å²) in [6.45, 7) is 1.88. The minimum Gasteiger partial charge on any atom is -0.494 e. The number of ether oxygens (including phenoxy) is 1. The number of rotatable bonds is 9. The molecule has 0 saturated heterocycles. The zero-order chi connectivity index (χ0) is 25.2. The Bertz CT molecular complexity index is 1430. The third-order valence-corrected chi connectivity index (χ3v) is 7.01. The van der Waals surface area contributed by atoms with Gasteiger partial charge in [-0.3, -0.25) is 9.55 Å². The van der Waals surface area contributed by atoms with Crippen LogP contribution in [0.15, 0.2) is 54.7 Å². The van der Waals surface area contributed by atoms with E-state index in [4.69, 9.17) is 20.3 Å². The van der Waals surface area contributed by atoms with Crippen LogP contribution < -0.4 is 10.5 Å². The van der Waals surface area contributed by atoms with Crippen LogP contribution in [0.5, 0.6) is 5.75 Å². The molecular weight excluding hydrogens is 475 g/mol. The molecule has 0 radical (unpaired) electrons. The van der Waals surface area contributed by atoms with E-state index in [-0.39, 0.29) is 13.0 Å². The topological polar surface area (TPSA) is 119 Å². The second kappa shape index (κ2) is 9.85. The molecule has 0 amide bonds. The molecule has 0 atom stereocenters. The molecule has 2 aromatic heterocycles. The van der Waals surface area contributed by atoms with Crippen molar-refractivity contribution in [2.45, 2.75) is 38.3 Å². The van der Waals surface area contributed by atoms with Crippen molar-refractivity contribution in [3.05, 3.63) is 71.4 Å². The first-order valence-electron chi connectivity index (χ1n) is 11.1. The largest absolute Gasteiger partial charge is 0.494 e. The number of nitrogens with zero attached hydrogens (tertiary/aromatic N) is 2. The van der Waals surface area contributed by atoms with Gasteiger partial charge in [-0.15, -0.1) is 0 Å². The van der Waals surface area contributed by atoms with Crippen molar-refractivity contribution in [2.75, 3.05) is 12.3 Å². The first-order valence-corrected chi connectivity index (χ1v) is 12.7. The highest BCUT2D eigenvalue weighted by molar-refractivity contribution is 7.53. The summed E-state index contributed by atoms with van der Waals surface area (Å²) >= 11 is 0. The number of aromatic nitrogens is 2. The standard InChI is InChI=1S/C25H26F2N3O4P/c1-16-13-19(34-12-4-11-25(26,27)35(31,32)33)10-9-18(16)8-7-17-14-21-20-5-2-3-6-22(20)30-24(28)23(21)29-15-17/h2-3,5-6,9-10,13-15H,4,7-8,11-12H2,1H3,(H2,28,30)(H2,31,32,33). The van der Waals surface area contributed by atoms with Crippen molar-refractivity contribution < 1.29 is 27.9 Å². The van der Waals surface area contributed by atoms with E-state index in [9.17, 15) is 13.3 Å². The Morgan fingerprint density at radius 2 is 1.86 bits per heavy atom. The fourth-order valence-corrected chi connectivity index (χ4v) is 4.42. The SMILES string of the molecule is Cc1cc(OCCCC(F)(F)P(=O)(O)O)ccc1CCc1cnc2c(N)nc3ccccc3c2c1. The van der Waals surface area contributed by atoms with E-state index >= 15 is 0 Å². The Balaban J connectivity index is 1.40. The van der Waals surface area contributed by atoms with E-state index in [2.05, 4.69) is 16.0 Å². The highest BCUT2D eigenvalue weighted by Crippen LogP contribution is 2.55. The van der Waals surface area contributed by atoms with Gasteiger partial charge in [0.25, 0.3) is 0 Å². The Labute approximate surface area is 201 Å². The predicted molar refractivity (Wildman–Crippen MR) is 132 cm³/mol. The number of hydrogen-bond acceptors (Lipinski definition) is 5. The third-order valence-electron chi connectivity index (χ3n) is 5.94. The fraction of sp³-hybridized carbons (Fsp3) is 0.280. The number of hydrogen-bond donors (Lipinski definition) is 3. The first kappa shape index (κ1) is 25.0. The number of benzene rings is 2. The molecule has 10 heteroatoms. The van der Waals surface area contributed by atoms with Gasteiger partial charge < -0.3 is 20.3 Å². The number of alkyl halides is 2. The maximum Gasteiger partial charge on any atom is 0.394 e. The van der Waals surface area contributed by atoms with E-state index in [0.717, 1.165) is 45.8 Å². The van der Waals surface area contributed by atoms with Crippen LogP contribution in [0.3, 0.4) is 0 Å². The molecular formula is C25H26F2N3O4P. The first-order chi connectivity index (χ1) is 16.5. The van der Waals surface area contributed by atoms with E-state index < -0.39 is 19.7 Å². The number of pyridine rings is 2. The molecule has 7 nitrogen and oxygen atoms in total. The van der Waals surface area contributed by atoms with Gasteiger partial charge in [0.1, 0.15) is 11.3 Å². The predicted octanol–water partition coefficient (Wildman–Crippen LogP) is 5.39. The quantitative estimate of drug-likeness (QED) is 0.160. The van der Waals surface area contributed by atoms with Crippen molar-refractivity contribution in [3.8, 4) is 5.75 Å². The summed E-state index contributed by atoms with van der Waals surface area (Å²) in [5, 5.41) is 1.97. The van der Waals surface area contributed by atoms with Crippen LogP contribution in [0.1, 0.15) is 29.5 Å². The molecule has 2 aromatic carbocycles. The summed E-state index contributed by atoms with van der Waals surface area (Å²) in [5.74, 6) is 0.926. The van der Waals surface area contributed by atoms with Crippen molar-refractivity contribution in [3.63, 3.8) is 0 Å². The molecule has 184 valence electrons. The lowest BCUT2D eigenvalue weighted by Gasteiger charge is -2.17. The minimum atomic E-state index is -5.46. The molecule has 4 rings (SSSR count). The zero-order valence-electron chi connectivity index (χ0n) is 19.1. The molecule has 0 aliphatic carbocycles. The van der Waals surface area contributed by atoms with Crippen LogP contribution in [-0.2, 0) is 17.4 Å². The Morgan fingerprint density at radius 1 is 1.09 bits per heavy atom. The van der Waals surface area contributed by atoms with Gasteiger partial charge >= 0.3 is 13.3 Å². The Hall–Kier alpha value is -3.13. The van der Waals surface area contributed by atoms with Crippen LogP contribution >= 0.6 is 7.60 Å². The van der Waals surface area contributed by atoms with Crippen LogP contribution in [0, 0.1) is 6.92 Å². The highest BCUT2D eigenvalue weighted by atomic mass is 31.2. The second-order valence-corrected chi connectivity index (χ2v) is 10.2. The monoisotopic (exact) mass is 501 g/mol. The third kappa shape index (κ3) is 5.59. The molecule has 4 N–H and O–H groups in total. The minimum absolute atomic E-state index is 0.0664. The molecule has 0 aliphatic rings. The van der Waals surface area contributed by atoms with Crippen LogP contribution in [0.4, 0.5) is 14.6 Å². The van der Waals surface area contributed by atoms with Crippen molar-refractivity contribution in [1.82, 2.24) is 9.97 Å². The number of nitrogens with two attached hydrogens (primary N) is 1. The van der Waals surface area contributed by atoms with Gasteiger partial charge in [-0.05, 0) is 67.1 Å². The van der Waals surface area contributed by atoms with Crippen molar-refractivity contribution in [2.24, 2.45) is 0 Å². The summed E-state index contributed by atoms with van der Waals surface area (Å²) in [6, 6.07) is 15.4. The molecule has 0 fully saturated rings. The summed E-state index contributed by atoms with van der Waals surface area (Å²) in [5.41, 5.74) is 6.75. The lowest BCUT2D eigenvalue weighted by atomic mass is 9.99. The average Bonchev–Trinajstić information content (AvgIpc) is 2.80. The van der Waals surface area contributed by atoms with E-state index in [0.29, 0.717) is 17.1 Å². The lowest BCUT2D eigenvalue weighted by Crippen LogP contribution is -2.17. The summed E-state index contributed by atoms with van der Waals surface area (Å²) in [6.07, 6.45) is 2.23. The van der Waals surface area contributed by atoms with Crippen LogP contribution in [0.2, 0.25) is 0 Å². The normalized spacial score (nSPS) is 12.4. The maximum atomic E-state index is 13.3. The van der Waals surface area contributed by atoms with Gasteiger partial charge in [-0.2, -0.15) is 8.78 Å². The zero-order valence-corrected chi connectivity index (χ0v) is 20.0. The number of nitrogen functional groups attached to an aromatic ring is 1. The van der Waals surface area contributed by atoms with Gasteiger partial charge in [0.2, 0.25) is 0 Å². The lowest BCUT2D eigenvalue weighted by molar-refractivity contribution is 0.0445. The molecule has 0 bridgehead atoms. The number of anilines is 1. The van der Waals surface area contributed by atoms with Crippen LogP contribution in [0.25, 0.3) is 21.8 Å². The van der Waals surface area contributed by atoms with Crippen molar-refractivity contribution in [1.29, 1.82) is 0 Å². The molecule has 2 heterocycles. The maximum absolute atomic E-state index is 13.3. The highest BCUT2D eigenvalue weighted by Gasteiger charge is 2.47. The van der Waals surface area contributed by atoms with Crippen LogP contribution in [-0.4, -0.2) is 32.0 Å². The Morgan fingerprint density at radius 3 is 2.60 bits per heavy atom. The summed E-state index contributed by atoms with van der Waals surface area (Å²) in [7, 11) is -5.46. The van der Waals surface area contributed by atoms with Gasteiger partial charge in [-0.25, -0.2) is 4.98 Å². The molecule has 35 heavy (non-hydrogen) atoms. The molecule has 0 spiro atoms. The molecule has 0 aliphatic heterocycles. The average molecular weight is 501 g/mol. The number of halogens is 2. The smallest absolute Gasteiger partial charge is 0.394 e. The van der Waals surface area contributed by atoms with Gasteiger partial charge in [0, 0.05) is 23.4 Å². The fourth-order valence-electron chi connectivity index (χ4n) is 3.97. The van der Waals surface area contributed by atoms with Crippen molar-refractivity contribution >= 4 is 35.2 Å². The number of aryl methyl sites for hydroxylation is 3. The van der Waals surface area contributed by atoms with E-state index in [1.807, 2.05) is 49.5 Å². The second-order valence-electron chi connectivity index (χ2n) is 8.50. The molecule has 0 saturated carbocycles. The van der Waals surface area contributed by atoms with E-state index in [1.54, 1.807) is 6.07 Å². The molecule has 4 aromatic rings.